The van der Waals surface area contributed by atoms with Crippen LogP contribution in [0.2, 0.25) is 0 Å². The maximum absolute atomic E-state index is 13.6. The summed E-state index contributed by atoms with van der Waals surface area (Å²) < 4.78 is 45.0. The molecule has 2 aromatic rings. The number of carbonyl (C=O) groups is 1. The number of carbonyl (C=O) groups excluding carboxylic acids is 1. The van der Waals surface area contributed by atoms with Crippen LogP contribution in [0.15, 0.2) is 65.3 Å². The summed E-state index contributed by atoms with van der Waals surface area (Å²) in [5.41, 5.74) is 1.74. The third-order valence-electron chi connectivity index (χ3n) is 7.61. The van der Waals surface area contributed by atoms with Crippen molar-refractivity contribution < 1.29 is 32.5 Å². The zero-order valence-electron chi connectivity index (χ0n) is 24.1. The second-order valence-corrected chi connectivity index (χ2v) is 12.4. The molecule has 0 saturated carbocycles. The molecule has 0 unspecified atom stereocenters. The fourth-order valence-corrected chi connectivity index (χ4v) is 6.64. The molecule has 1 fully saturated rings. The van der Waals surface area contributed by atoms with E-state index in [1.165, 1.54) is 30.0 Å². The first-order chi connectivity index (χ1) is 20.3. The topological polar surface area (TPSA) is 106 Å². The first-order valence-corrected chi connectivity index (χ1v) is 15.9. The number of terminal acetylenes is 1. The maximum Gasteiger partial charge on any atom is 0.288 e. The van der Waals surface area contributed by atoms with Crippen LogP contribution in [-0.4, -0.2) is 81.4 Å². The molecule has 4 rings (SSSR count). The van der Waals surface area contributed by atoms with Crippen LogP contribution in [0.25, 0.3) is 0 Å². The van der Waals surface area contributed by atoms with E-state index in [2.05, 4.69) is 5.92 Å². The number of nitrogens with zero attached hydrogens (tertiary/aromatic N) is 2. The smallest absolute Gasteiger partial charge is 0.288 e. The Morgan fingerprint density at radius 2 is 1.71 bits per heavy atom. The van der Waals surface area contributed by atoms with E-state index in [-0.39, 0.29) is 48.8 Å². The maximum atomic E-state index is 13.6. The minimum Gasteiger partial charge on any atom is -0.497 e. The van der Waals surface area contributed by atoms with E-state index >= 15 is 0 Å². The monoisotopic (exact) mass is 596 g/mol. The van der Waals surface area contributed by atoms with Crippen molar-refractivity contribution in [2.45, 2.75) is 55.6 Å². The van der Waals surface area contributed by atoms with Gasteiger partial charge in [0.1, 0.15) is 5.75 Å². The number of hydrogen-bond donors (Lipinski definition) is 1. The van der Waals surface area contributed by atoms with Crippen molar-refractivity contribution in [1.82, 2.24) is 9.21 Å². The Hall–Kier alpha value is -3.36. The standard InChI is InChI=1S/C32H40N2O7S/c1-3-25-9-11-26(12-10-25)27-23-30(32(36)33-17-7-5-4-6-8-18-33)41-31(24-27)40-22-20-34(19-21-35)42(37,38)29-15-13-28(39-2)14-16-29/h1,9-16,23,27,31,35H,4-8,17-22,24H2,2H3/t27-,31+/m1/s1. The average Bonchev–Trinajstić information content (AvgIpc) is 3.00. The highest BCUT2D eigenvalue weighted by Gasteiger charge is 2.32. The molecule has 2 aliphatic heterocycles. The average molecular weight is 597 g/mol. The van der Waals surface area contributed by atoms with Crippen molar-refractivity contribution in [3.05, 3.63) is 71.5 Å². The van der Waals surface area contributed by atoms with Gasteiger partial charge in [0.2, 0.25) is 16.3 Å². The van der Waals surface area contributed by atoms with Gasteiger partial charge in [0.25, 0.3) is 5.91 Å². The SMILES string of the molecule is C#Cc1ccc([C@@H]2C=C(C(=O)N3CCCCCCC3)O[C@H](OCCN(CCO)S(=O)(=O)c3ccc(OC)cc3)C2)cc1. The predicted molar refractivity (Wildman–Crippen MR) is 159 cm³/mol. The highest BCUT2D eigenvalue weighted by molar-refractivity contribution is 7.89. The summed E-state index contributed by atoms with van der Waals surface area (Å²) in [6, 6.07) is 13.7. The van der Waals surface area contributed by atoms with Crippen LogP contribution in [-0.2, 0) is 24.3 Å². The second-order valence-electron chi connectivity index (χ2n) is 10.4. The number of rotatable bonds is 11. The van der Waals surface area contributed by atoms with Crippen LogP contribution in [0.5, 0.6) is 5.75 Å². The fourth-order valence-electron chi connectivity index (χ4n) is 5.22. The molecule has 0 aliphatic carbocycles. The number of allylic oxidation sites excluding steroid dienone is 1. The van der Waals surface area contributed by atoms with E-state index in [4.69, 9.17) is 20.6 Å². The number of hydrogen-bond acceptors (Lipinski definition) is 7. The Labute approximate surface area is 249 Å². The fraction of sp³-hybridized carbons (Fsp3) is 0.469. The van der Waals surface area contributed by atoms with Crippen molar-refractivity contribution >= 4 is 15.9 Å². The zero-order valence-corrected chi connectivity index (χ0v) is 24.9. The van der Waals surface area contributed by atoms with Gasteiger partial charge in [0.15, 0.2) is 5.76 Å². The lowest BCUT2D eigenvalue weighted by molar-refractivity contribution is -0.153. The Morgan fingerprint density at radius 3 is 2.33 bits per heavy atom. The molecule has 2 aromatic carbocycles. The minimum atomic E-state index is -3.89. The number of sulfonamides is 1. The van der Waals surface area contributed by atoms with Crippen molar-refractivity contribution in [1.29, 1.82) is 0 Å². The summed E-state index contributed by atoms with van der Waals surface area (Å²) in [4.78, 5) is 15.5. The number of aliphatic hydroxyl groups excluding tert-OH is 1. The molecule has 1 saturated heterocycles. The summed E-state index contributed by atoms with van der Waals surface area (Å²) in [5, 5.41) is 9.58. The number of likely N-dealkylation sites (tertiary alicyclic amines) is 1. The normalized spacial score (nSPS) is 19.7. The first kappa shape index (κ1) is 31.6. The van der Waals surface area contributed by atoms with Gasteiger partial charge in [0, 0.05) is 44.1 Å². The molecule has 2 aliphatic rings. The molecule has 1 N–H and O–H groups in total. The molecule has 9 nitrogen and oxygen atoms in total. The molecule has 42 heavy (non-hydrogen) atoms. The molecule has 0 radical (unpaired) electrons. The van der Waals surface area contributed by atoms with E-state index in [1.807, 2.05) is 35.2 Å². The van der Waals surface area contributed by atoms with Gasteiger partial charge in [-0.1, -0.05) is 37.3 Å². The van der Waals surface area contributed by atoms with Gasteiger partial charge in [-0.15, -0.1) is 6.42 Å². The van der Waals surface area contributed by atoms with Gasteiger partial charge in [0.05, 0.1) is 25.2 Å². The molecule has 0 aromatic heterocycles. The third kappa shape index (κ3) is 8.13. The lowest BCUT2D eigenvalue weighted by Crippen LogP contribution is -2.39. The quantitative estimate of drug-likeness (QED) is 0.393. The first-order valence-electron chi connectivity index (χ1n) is 14.5. The zero-order chi connectivity index (χ0) is 30.0. The second kappa shape index (κ2) is 15.2. The Morgan fingerprint density at radius 1 is 1.05 bits per heavy atom. The lowest BCUT2D eigenvalue weighted by atomic mass is 9.92. The molecular formula is C32H40N2O7S. The predicted octanol–water partition coefficient (Wildman–Crippen LogP) is 3.88. The van der Waals surface area contributed by atoms with Gasteiger partial charge in [-0.2, -0.15) is 4.31 Å². The minimum absolute atomic E-state index is 0.00453. The van der Waals surface area contributed by atoms with E-state index in [9.17, 15) is 18.3 Å². The Bertz CT molecular complexity index is 1340. The van der Waals surface area contributed by atoms with Crippen LogP contribution in [0.1, 0.15) is 55.6 Å². The summed E-state index contributed by atoms with van der Waals surface area (Å²) in [7, 11) is -2.38. The number of methoxy groups -OCH3 is 1. The summed E-state index contributed by atoms with van der Waals surface area (Å²) >= 11 is 0. The largest absolute Gasteiger partial charge is 0.497 e. The van der Waals surface area contributed by atoms with Crippen LogP contribution in [0.4, 0.5) is 0 Å². The lowest BCUT2D eigenvalue weighted by Gasteiger charge is -2.33. The number of aliphatic hydroxyl groups is 1. The van der Waals surface area contributed by atoms with E-state index in [1.54, 1.807) is 12.1 Å². The molecule has 1 amide bonds. The van der Waals surface area contributed by atoms with Crippen molar-refractivity contribution in [2.75, 3.05) is 46.5 Å². The summed E-state index contributed by atoms with van der Waals surface area (Å²) in [5.74, 6) is 3.10. The molecule has 2 atom stereocenters. The van der Waals surface area contributed by atoms with Crippen LogP contribution in [0, 0.1) is 12.3 Å². The Balaban J connectivity index is 1.48. The third-order valence-corrected chi connectivity index (χ3v) is 9.52. The van der Waals surface area contributed by atoms with Crippen molar-refractivity contribution in [3.8, 4) is 18.1 Å². The number of benzene rings is 2. The highest BCUT2D eigenvalue weighted by Crippen LogP contribution is 2.33. The van der Waals surface area contributed by atoms with Crippen molar-refractivity contribution in [3.63, 3.8) is 0 Å². The van der Waals surface area contributed by atoms with Gasteiger partial charge in [-0.3, -0.25) is 4.79 Å². The molecule has 226 valence electrons. The summed E-state index contributed by atoms with van der Waals surface area (Å²) in [6.07, 6.45) is 12.4. The van der Waals surface area contributed by atoms with E-state index in [0.29, 0.717) is 25.3 Å². The number of ether oxygens (including phenoxy) is 3. The molecule has 0 spiro atoms. The molecular weight excluding hydrogens is 556 g/mol. The van der Waals surface area contributed by atoms with Crippen LogP contribution >= 0.6 is 0 Å². The Kier molecular flexibility index (Phi) is 11.4. The van der Waals surface area contributed by atoms with Crippen LogP contribution < -0.4 is 4.74 Å². The van der Waals surface area contributed by atoms with Gasteiger partial charge in [-0.05, 0) is 60.9 Å². The molecule has 2 heterocycles. The van der Waals surface area contributed by atoms with Gasteiger partial charge in [-0.25, -0.2) is 8.42 Å². The van der Waals surface area contributed by atoms with Gasteiger partial charge >= 0.3 is 0 Å². The molecule has 10 heteroatoms. The summed E-state index contributed by atoms with van der Waals surface area (Å²) in [6.45, 7) is 0.940. The van der Waals surface area contributed by atoms with Gasteiger partial charge < -0.3 is 24.2 Å². The highest BCUT2D eigenvalue weighted by atomic mass is 32.2. The number of amides is 1. The van der Waals surface area contributed by atoms with Crippen LogP contribution in [0.3, 0.4) is 0 Å². The van der Waals surface area contributed by atoms with E-state index < -0.39 is 16.3 Å². The van der Waals surface area contributed by atoms with E-state index in [0.717, 1.165) is 36.8 Å². The molecule has 0 bridgehead atoms. The van der Waals surface area contributed by atoms with Crippen molar-refractivity contribution in [2.24, 2.45) is 0 Å².